The molecule has 0 radical (unpaired) electrons. The van der Waals surface area contributed by atoms with Gasteiger partial charge in [0.05, 0.1) is 16.8 Å². The van der Waals surface area contributed by atoms with Gasteiger partial charge < -0.3 is 15.0 Å². The highest BCUT2D eigenvalue weighted by Gasteiger charge is 2.18. The minimum atomic E-state index is -0.0868. The Morgan fingerprint density at radius 2 is 2.05 bits per heavy atom. The number of nitrogens with one attached hydrogen (secondary N) is 1. The Labute approximate surface area is 126 Å². The fourth-order valence-corrected chi connectivity index (χ4v) is 3.09. The lowest BCUT2D eigenvalue weighted by Crippen LogP contribution is -2.33. The second kappa shape index (κ2) is 6.11. The first-order valence-corrected chi connectivity index (χ1v) is 7.66. The third-order valence-electron chi connectivity index (χ3n) is 3.34. The van der Waals surface area contributed by atoms with Crippen molar-refractivity contribution in [3.8, 4) is 0 Å². The molecule has 0 bridgehead atoms. The zero-order valence-corrected chi connectivity index (χ0v) is 12.3. The van der Waals surface area contributed by atoms with Crippen molar-refractivity contribution in [1.82, 2.24) is 9.88 Å². The average molecular weight is 300 g/mol. The number of aliphatic hydroxyl groups excluding tert-OH is 1. The molecule has 0 saturated carbocycles. The molecule has 4 nitrogen and oxygen atoms in total. The van der Waals surface area contributed by atoms with Crippen molar-refractivity contribution in [2.45, 2.75) is 6.54 Å². The number of rotatable bonds is 5. The number of carbonyl (C=O) groups excluding carboxylic acids is 1. The van der Waals surface area contributed by atoms with E-state index in [1.807, 2.05) is 47.8 Å². The van der Waals surface area contributed by atoms with E-state index in [-0.39, 0.29) is 12.5 Å². The molecule has 21 heavy (non-hydrogen) atoms. The smallest absolute Gasteiger partial charge is 0.270 e. The number of hydrogen-bond acceptors (Lipinski definition) is 3. The van der Waals surface area contributed by atoms with E-state index >= 15 is 0 Å². The van der Waals surface area contributed by atoms with Gasteiger partial charge in [0.25, 0.3) is 5.91 Å². The van der Waals surface area contributed by atoms with Gasteiger partial charge >= 0.3 is 0 Å². The second-order valence-electron chi connectivity index (χ2n) is 4.82. The molecule has 0 unspecified atom stereocenters. The van der Waals surface area contributed by atoms with Gasteiger partial charge in [-0.25, -0.2) is 0 Å². The summed E-state index contributed by atoms with van der Waals surface area (Å²) in [4.78, 5) is 17.4. The van der Waals surface area contributed by atoms with Crippen molar-refractivity contribution < 1.29 is 9.90 Å². The first-order valence-electron chi connectivity index (χ1n) is 6.78. The molecular formula is C16H16N2O2S. The van der Waals surface area contributed by atoms with Gasteiger partial charge in [-0.1, -0.05) is 30.3 Å². The Kier molecular flexibility index (Phi) is 4.03. The third kappa shape index (κ3) is 2.99. The maximum Gasteiger partial charge on any atom is 0.270 e. The molecule has 3 aromatic rings. The minimum Gasteiger partial charge on any atom is -0.395 e. The zero-order valence-electron chi connectivity index (χ0n) is 11.5. The summed E-state index contributed by atoms with van der Waals surface area (Å²) in [6, 6.07) is 13.6. The number of aromatic amines is 1. The van der Waals surface area contributed by atoms with E-state index in [1.54, 1.807) is 16.2 Å². The number of hydrogen-bond donors (Lipinski definition) is 2. The highest BCUT2D eigenvalue weighted by molar-refractivity contribution is 7.17. The largest absolute Gasteiger partial charge is 0.395 e. The van der Waals surface area contributed by atoms with Crippen molar-refractivity contribution in [3.05, 3.63) is 59.1 Å². The van der Waals surface area contributed by atoms with Gasteiger partial charge in [0.15, 0.2) is 0 Å². The van der Waals surface area contributed by atoms with Gasteiger partial charge in [0.1, 0.15) is 5.69 Å². The number of fused-ring (bicyclic) bond motifs is 1. The highest BCUT2D eigenvalue weighted by atomic mass is 32.1. The van der Waals surface area contributed by atoms with Gasteiger partial charge in [-0.15, -0.1) is 11.3 Å². The van der Waals surface area contributed by atoms with Gasteiger partial charge in [0, 0.05) is 13.1 Å². The van der Waals surface area contributed by atoms with Crippen LogP contribution in [0.3, 0.4) is 0 Å². The van der Waals surface area contributed by atoms with Crippen molar-refractivity contribution >= 4 is 27.5 Å². The van der Waals surface area contributed by atoms with Crippen molar-refractivity contribution in [2.24, 2.45) is 0 Å². The lowest BCUT2D eigenvalue weighted by molar-refractivity contribution is 0.0703. The van der Waals surface area contributed by atoms with Crippen LogP contribution in [-0.2, 0) is 6.54 Å². The van der Waals surface area contributed by atoms with Crippen LogP contribution in [0.2, 0.25) is 0 Å². The molecule has 3 rings (SSSR count). The molecule has 1 aromatic carbocycles. The summed E-state index contributed by atoms with van der Waals surface area (Å²) < 4.78 is 1.07. The Morgan fingerprint density at radius 3 is 2.76 bits per heavy atom. The predicted molar refractivity (Wildman–Crippen MR) is 84.4 cm³/mol. The van der Waals surface area contributed by atoms with Crippen LogP contribution in [0.15, 0.2) is 47.8 Å². The van der Waals surface area contributed by atoms with Crippen LogP contribution in [0, 0.1) is 0 Å². The van der Waals surface area contributed by atoms with E-state index in [0.717, 1.165) is 15.8 Å². The van der Waals surface area contributed by atoms with Crippen LogP contribution < -0.4 is 0 Å². The van der Waals surface area contributed by atoms with E-state index in [9.17, 15) is 9.90 Å². The first-order chi connectivity index (χ1) is 10.3. The lowest BCUT2D eigenvalue weighted by Gasteiger charge is -2.21. The standard InChI is InChI=1S/C16H16N2O2S/c19-8-7-18(11-12-4-2-1-3-5-12)16(20)14-10-15-13(17-14)6-9-21-15/h1-6,9-10,17,19H,7-8,11H2. The van der Waals surface area contributed by atoms with Crippen LogP contribution in [0.5, 0.6) is 0 Å². The number of nitrogens with zero attached hydrogens (tertiary/aromatic N) is 1. The molecule has 0 fully saturated rings. The maximum absolute atomic E-state index is 12.6. The van der Waals surface area contributed by atoms with Gasteiger partial charge in [-0.05, 0) is 23.1 Å². The Hall–Kier alpha value is -2.11. The Balaban J connectivity index is 1.82. The second-order valence-corrected chi connectivity index (χ2v) is 5.77. The van der Waals surface area contributed by atoms with E-state index in [2.05, 4.69) is 4.98 Å². The molecule has 2 heterocycles. The molecule has 0 saturated heterocycles. The molecule has 2 N–H and O–H groups in total. The highest BCUT2D eigenvalue weighted by Crippen LogP contribution is 2.22. The average Bonchev–Trinajstić information content (AvgIpc) is 3.08. The number of benzene rings is 1. The number of aliphatic hydroxyl groups is 1. The normalized spacial score (nSPS) is 10.9. The fourth-order valence-electron chi connectivity index (χ4n) is 2.31. The van der Waals surface area contributed by atoms with E-state index in [1.165, 1.54) is 0 Å². The third-order valence-corrected chi connectivity index (χ3v) is 4.21. The monoisotopic (exact) mass is 300 g/mol. The molecule has 0 aliphatic rings. The molecule has 0 aliphatic carbocycles. The van der Waals surface area contributed by atoms with Crippen molar-refractivity contribution in [3.63, 3.8) is 0 Å². The molecule has 2 aromatic heterocycles. The van der Waals surface area contributed by atoms with Crippen LogP contribution >= 0.6 is 11.3 Å². The number of thiophene rings is 1. The molecule has 5 heteroatoms. The maximum atomic E-state index is 12.6. The van der Waals surface area contributed by atoms with Crippen molar-refractivity contribution in [1.29, 1.82) is 0 Å². The molecule has 1 amide bonds. The zero-order chi connectivity index (χ0) is 14.7. The van der Waals surface area contributed by atoms with Crippen LogP contribution in [-0.4, -0.2) is 34.0 Å². The van der Waals surface area contributed by atoms with Gasteiger partial charge in [-0.2, -0.15) is 0 Å². The fraction of sp³-hybridized carbons (Fsp3) is 0.188. The minimum absolute atomic E-state index is 0.0480. The van der Waals surface area contributed by atoms with E-state index in [0.29, 0.717) is 18.8 Å². The topological polar surface area (TPSA) is 56.3 Å². The summed E-state index contributed by atoms with van der Waals surface area (Å²) in [6.45, 7) is 0.765. The van der Waals surface area contributed by atoms with Crippen LogP contribution in [0.25, 0.3) is 10.2 Å². The lowest BCUT2D eigenvalue weighted by atomic mass is 10.2. The molecule has 0 atom stereocenters. The Morgan fingerprint density at radius 1 is 1.24 bits per heavy atom. The summed E-state index contributed by atoms with van der Waals surface area (Å²) >= 11 is 1.60. The number of amides is 1. The van der Waals surface area contributed by atoms with Gasteiger partial charge in [0.2, 0.25) is 0 Å². The van der Waals surface area contributed by atoms with Crippen LogP contribution in [0.4, 0.5) is 0 Å². The summed E-state index contributed by atoms with van der Waals surface area (Å²) in [6.07, 6.45) is 0. The quantitative estimate of drug-likeness (QED) is 0.761. The first kappa shape index (κ1) is 13.9. The van der Waals surface area contributed by atoms with Crippen molar-refractivity contribution in [2.75, 3.05) is 13.2 Å². The summed E-state index contributed by atoms with van der Waals surface area (Å²) in [5.41, 5.74) is 2.60. The molecular weight excluding hydrogens is 284 g/mol. The SMILES string of the molecule is O=C(c1cc2sccc2[nH]1)N(CCO)Cc1ccccc1. The van der Waals surface area contributed by atoms with Crippen LogP contribution in [0.1, 0.15) is 16.1 Å². The number of H-pyrrole nitrogens is 1. The predicted octanol–water partition coefficient (Wildman–Crippen LogP) is 2.86. The van der Waals surface area contributed by atoms with E-state index in [4.69, 9.17) is 0 Å². The summed E-state index contributed by atoms with van der Waals surface area (Å²) in [7, 11) is 0. The number of aromatic nitrogens is 1. The molecule has 108 valence electrons. The summed E-state index contributed by atoms with van der Waals surface area (Å²) in [5, 5.41) is 11.2. The Bertz CT molecular complexity index is 704. The van der Waals surface area contributed by atoms with Gasteiger partial charge in [-0.3, -0.25) is 4.79 Å². The number of carbonyl (C=O) groups is 1. The summed E-state index contributed by atoms with van der Waals surface area (Å²) in [5.74, 6) is -0.0868. The van der Waals surface area contributed by atoms with E-state index < -0.39 is 0 Å². The molecule has 0 aliphatic heterocycles. The molecule has 0 spiro atoms.